The van der Waals surface area contributed by atoms with Crippen LogP contribution in [0, 0.1) is 10.1 Å². The normalized spacial score (nSPS) is 14.9. The first kappa shape index (κ1) is 23.2. The lowest BCUT2D eigenvalue weighted by atomic mass is 10.1. The third-order valence-electron chi connectivity index (χ3n) is 4.43. The van der Waals surface area contributed by atoms with Gasteiger partial charge in [-0.2, -0.15) is 0 Å². The highest BCUT2D eigenvalue weighted by molar-refractivity contribution is 9.10. The van der Waals surface area contributed by atoms with E-state index in [0.29, 0.717) is 27.3 Å². The van der Waals surface area contributed by atoms with Crippen LogP contribution in [-0.4, -0.2) is 33.7 Å². The van der Waals surface area contributed by atoms with E-state index in [2.05, 4.69) is 15.9 Å². The summed E-state index contributed by atoms with van der Waals surface area (Å²) >= 11 is 10.1. The number of nitro groups is 1. The molecule has 2 aromatic rings. The van der Waals surface area contributed by atoms with Crippen molar-refractivity contribution in [1.29, 1.82) is 0 Å². The second-order valence-electron chi connectivity index (χ2n) is 6.57. The lowest BCUT2D eigenvalue weighted by molar-refractivity contribution is -0.384. The molecule has 0 radical (unpaired) electrons. The predicted molar refractivity (Wildman–Crippen MR) is 128 cm³/mol. The molecule has 2 aromatic carbocycles. The van der Waals surface area contributed by atoms with Gasteiger partial charge in [0.15, 0.2) is 11.5 Å². The second-order valence-corrected chi connectivity index (χ2v) is 9.10. The highest BCUT2D eigenvalue weighted by atomic mass is 79.9. The zero-order valence-electron chi connectivity index (χ0n) is 16.8. The minimum Gasteiger partial charge on any atom is -0.493 e. The molecule has 0 unspecified atom stereocenters. The molecule has 10 heteroatoms. The highest BCUT2D eigenvalue weighted by Gasteiger charge is 2.31. The average molecular weight is 523 g/mol. The van der Waals surface area contributed by atoms with Crippen molar-refractivity contribution in [3.63, 3.8) is 0 Å². The molecule has 1 amide bonds. The van der Waals surface area contributed by atoms with Crippen molar-refractivity contribution in [2.45, 2.75) is 20.0 Å². The summed E-state index contributed by atoms with van der Waals surface area (Å²) in [6.07, 6.45) is 2.61. The van der Waals surface area contributed by atoms with Crippen LogP contribution in [0.2, 0.25) is 0 Å². The van der Waals surface area contributed by atoms with Crippen LogP contribution in [0.15, 0.2) is 45.8 Å². The Balaban J connectivity index is 1.79. The topological polar surface area (TPSA) is 81.9 Å². The van der Waals surface area contributed by atoms with Gasteiger partial charge < -0.3 is 9.47 Å². The molecule has 0 atom stereocenters. The average Bonchev–Trinajstić information content (AvgIpc) is 3.01. The highest BCUT2D eigenvalue weighted by Crippen LogP contribution is 2.38. The molecule has 1 saturated heterocycles. The monoisotopic (exact) mass is 522 g/mol. The summed E-state index contributed by atoms with van der Waals surface area (Å²) in [5.74, 6) is 0.907. The fraction of sp³-hybridized carbons (Fsp3) is 0.238. The molecule has 7 nitrogen and oxygen atoms in total. The van der Waals surface area contributed by atoms with Gasteiger partial charge in [0.1, 0.15) is 10.9 Å². The van der Waals surface area contributed by atoms with Gasteiger partial charge in [-0.1, -0.05) is 46.8 Å². The number of halogens is 1. The Kier molecular flexibility index (Phi) is 7.69. The number of benzene rings is 2. The molecule has 0 aromatic heterocycles. The summed E-state index contributed by atoms with van der Waals surface area (Å²) in [4.78, 5) is 25.1. The zero-order chi connectivity index (χ0) is 22.5. The smallest absolute Gasteiger partial charge is 0.269 e. The molecule has 0 spiro atoms. The predicted octanol–water partition coefficient (Wildman–Crippen LogP) is 5.56. The van der Waals surface area contributed by atoms with E-state index in [-0.39, 0.29) is 18.2 Å². The minimum absolute atomic E-state index is 0.0257. The molecule has 1 aliphatic rings. The molecule has 1 aliphatic heterocycles. The number of methoxy groups -OCH3 is 1. The summed E-state index contributed by atoms with van der Waals surface area (Å²) in [6, 6.07) is 9.70. The number of amides is 1. The lowest BCUT2D eigenvalue weighted by Crippen LogP contribution is -2.28. The lowest BCUT2D eigenvalue weighted by Gasteiger charge is -2.13. The molecule has 162 valence electrons. The van der Waals surface area contributed by atoms with E-state index in [1.54, 1.807) is 35.2 Å². The maximum Gasteiger partial charge on any atom is 0.269 e. The number of thioether (sulfide) groups is 1. The molecular formula is C21H19BrN2O5S2. The zero-order valence-corrected chi connectivity index (χ0v) is 20.0. The van der Waals surface area contributed by atoms with E-state index in [4.69, 9.17) is 21.7 Å². The maximum atomic E-state index is 12.6. The quantitative estimate of drug-likeness (QED) is 0.194. The van der Waals surface area contributed by atoms with Gasteiger partial charge in [0.2, 0.25) is 0 Å². The molecule has 0 saturated carbocycles. The van der Waals surface area contributed by atoms with Crippen molar-refractivity contribution in [2.75, 3.05) is 13.7 Å². The molecule has 0 bridgehead atoms. The van der Waals surface area contributed by atoms with Gasteiger partial charge in [0.25, 0.3) is 11.6 Å². The van der Waals surface area contributed by atoms with Crippen molar-refractivity contribution in [3.05, 3.63) is 67.0 Å². The van der Waals surface area contributed by atoms with Crippen molar-refractivity contribution in [3.8, 4) is 11.5 Å². The molecule has 31 heavy (non-hydrogen) atoms. The van der Waals surface area contributed by atoms with Crippen molar-refractivity contribution >= 4 is 61.9 Å². The van der Waals surface area contributed by atoms with Gasteiger partial charge in [-0.25, -0.2) is 0 Å². The van der Waals surface area contributed by atoms with E-state index in [9.17, 15) is 14.9 Å². The van der Waals surface area contributed by atoms with Crippen molar-refractivity contribution in [1.82, 2.24) is 4.90 Å². The molecule has 3 rings (SSSR count). The standard InChI is InChI=1S/C21H19BrN2O5S2/c1-3-8-23-20(25)19(31-21(23)30)10-14-9-17(28-2)18(11-16(14)22)29-12-13-4-6-15(7-5-13)24(26)27/h4-7,9-11H,3,8,12H2,1-2H3/b19-10-. The van der Waals surface area contributed by atoms with E-state index in [1.165, 1.54) is 31.0 Å². The number of thiocarbonyl (C=S) groups is 1. The molecule has 0 N–H and O–H groups in total. The molecule has 1 fully saturated rings. The first-order valence-electron chi connectivity index (χ1n) is 9.33. The third kappa shape index (κ3) is 5.44. The number of ether oxygens (including phenoxy) is 2. The summed E-state index contributed by atoms with van der Waals surface area (Å²) in [5.41, 5.74) is 1.57. The largest absolute Gasteiger partial charge is 0.493 e. The van der Waals surface area contributed by atoms with Crippen LogP contribution in [0.4, 0.5) is 5.69 Å². The first-order valence-corrected chi connectivity index (χ1v) is 11.3. The summed E-state index contributed by atoms with van der Waals surface area (Å²) < 4.78 is 12.6. The van der Waals surface area contributed by atoms with Crippen LogP contribution in [0.5, 0.6) is 11.5 Å². The van der Waals surface area contributed by atoms with E-state index < -0.39 is 4.92 Å². The van der Waals surface area contributed by atoms with Crippen LogP contribution >= 0.6 is 39.9 Å². The van der Waals surface area contributed by atoms with Gasteiger partial charge in [-0.15, -0.1) is 0 Å². The number of carbonyl (C=O) groups is 1. The van der Waals surface area contributed by atoms with Crippen LogP contribution in [-0.2, 0) is 11.4 Å². The maximum absolute atomic E-state index is 12.6. The number of carbonyl (C=O) groups excluding carboxylic acids is 1. The molecule has 1 heterocycles. The Morgan fingerprint density at radius 2 is 1.97 bits per heavy atom. The third-order valence-corrected chi connectivity index (χ3v) is 6.50. The Morgan fingerprint density at radius 3 is 2.58 bits per heavy atom. The van der Waals surface area contributed by atoms with Gasteiger partial charge in [0.05, 0.1) is 16.9 Å². The van der Waals surface area contributed by atoms with Gasteiger partial charge in [0, 0.05) is 23.2 Å². The van der Waals surface area contributed by atoms with Gasteiger partial charge in [-0.05, 0) is 47.9 Å². The van der Waals surface area contributed by atoms with Gasteiger partial charge >= 0.3 is 0 Å². The van der Waals surface area contributed by atoms with Crippen LogP contribution in [0.25, 0.3) is 6.08 Å². The van der Waals surface area contributed by atoms with E-state index in [1.807, 2.05) is 6.92 Å². The fourth-order valence-electron chi connectivity index (χ4n) is 2.87. The Bertz CT molecular complexity index is 1060. The van der Waals surface area contributed by atoms with Crippen LogP contribution in [0.3, 0.4) is 0 Å². The summed E-state index contributed by atoms with van der Waals surface area (Å²) in [6.45, 7) is 2.82. The second kappa shape index (κ2) is 10.3. The Hall–Kier alpha value is -2.43. The number of hydrogen-bond donors (Lipinski definition) is 0. The number of non-ortho nitro benzene ring substituents is 1. The molecule has 0 aliphatic carbocycles. The van der Waals surface area contributed by atoms with E-state index >= 15 is 0 Å². The summed E-state index contributed by atoms with van der Waals surface area (Å²) in [7, 11) is 1.53. The first-order chi connectivity index (χ1) is 14.8. The summed E-state index contributed by atoms with van der Waals surface area (Å²) in [5, 5.41) is 10.8. The molecular weight excluding hydrogens is 504 g/mol. The number of rotatable bonds is 8. The number of nitrogens with zero attached hydrogens (tertiary/aromatic N) is 2. The van der Waals surface area contributed by atoms with Gasteiger partial charge in [-0.3, -0.25) is 19.8 Å². The van der Waals surface area contributed by atoms with Crippen LogP contribution < -0.4 is 9.47 Å². The fourth-order valence-corrected chi connectivity index (χ4v) is 4.60. The van der Waals surface area contributed by atoms with Crippen molar-refractivity contribution in [2.24, 2.45) is 0 Å². The number of hydrogen-bond acceptors (Lipinski definition) is 7. The Labute approximate surface area is 197 Å². The van der Waals surface area contributed by atoms with Crippen molar-refractivity contribution < 1.29 is 19.2 Å². The number of nitro benzene ring substituents is 1. The Morgan fingerprint density at radius 1 is 1.26 bits per heavy atom. The van der Waals surface area contributed by atoms with Crippen LogP contribution in [0.1, 0.15) is 24.5 Å². The van der Waals surface area contributed by atoms with E-state index in [0.717, 1.165) is 22.0 Å². The SMILES string of the molecule is CCCN1C(=O)/C(=C/c2cc(OC)c(OCc3ccc([N+](=O)[O-])cc3)cc2Br)SC1=S. The minimum atomic E-state index is -0.445.